The second-order valence-corrected chi connectivity index (χ2v) is 7.35. The number of esters is 1. The molecule has 1 amide bonds. The van der Waals surface area contributed by atoms with Crippen molar-refractivity contribution in [3.63, 3.8) is 0 Å². The van der Waals surface area contributed by atoms with Crippen molar-refractivity contribution in [3.8, 4) is 0 Å². The van der Waals surface area contributed by atoms with Crippen molar-refractivity contribution in [3.05, 3.63) is 84.1 Å². The van der Waals surface area contributed by atoms with Gasteiger partial charge in [0.2, 0.25) is 5.91 Å². The highest BCUT2D eigenvalue weighted by Gasteiger charge is 2.25. The summed E-state index contributed by atoms with van der Waals surface area (Å²) in [5.74, 6) is -0.198. The Balaban J connectivity index is 2.21. The van der Waals surface area contributed by atoms with E-state index in [1.807, 2.05) is 65.6 Å². The molecule has 1 N–H and O–H groups in total. The lowest BCUT2D eigenvalue weighted by Crippen LogP contribution is -2.45. The Morgan fingerprint density at radius 3 is 2.14 bits per heavy atom. The Morgan fingerprint density at radius 2 is 1.59 bits per heavy atom. The van der Waals surface area contributed by atoms with Crippen LogP contribution in [0, 0.1) is 5.92 Å². The van der Waals surface area contributed by atoms with E-state index >= 15 is 0 Å². The summed E-state index contributed by atoms with van der Waals surface area (Å²) in [6.07, 6.45) is 3.69. The van der Waals surface area contributed by atoms with Crippen LogP contribution in [0.15, 0.2) is 72.9 Å². The van der Waals surface area contributed by atoms with Crippen LogP contribution in [0.4, 0.5) is 0 Å². The Labute approximate surface area is 173 Å². The first-order chi connectivity index (χ1) is 14.0. The molecule has 0 aromatic heterocycles. The molecule has 5 heteroatoms. The molecule has 1 atom stereocenters. The molecule has 0 saturated carbocycles. The van der Waals surface area contributed by atoms with Crippen LogP contribution in [-0.2, 0) is 27.4 Å². The summed E-state index contributed by atoms with van der Waals surface area (Å²) in [6.45, 7) is 5.16. The van der Waals surface area contributed by atoms with Gasteiger partial charge in [0.05, 0.1) is 7.11 Å². The quantitative estimate of drug-likeness (QED) is 0.490. The Bertz CT molecular complexity index is 788. The summed E-state index contributed by atoms with van der Waals surface area (Å²) in [6, 6.07) is 19.3. The fourth-order valence-corrected chi connectivity index (χ4v) is 3.03. The lowest BCUT2D eigenvalue weighted by molar-refractivity contribution is -0.135. The number of benzene rings is 2. The molecule has 0 heterocycles. The molecule has 0 aliphatic carbocycles. The van der Waals surface area contributed by atoms with Crippen LogP contribution in [0.1, 0.15) is 31.4 Å². The molecule has 0 aliphatic heterocycles. The molecule has 2 aromatic carbocycles. The van der Waals surface area contributed by atoms with E-state index in [2.05, 4.69) is 19.2 Å². The Morgan fingerprint density at radius 1 is 1.00 bits per heavy atom. The molecule has 5 nitrogen and oxygen atoms in total. The van der Waals surface area contributed by atoms with E-state index in [1.54, 1.807) is 6.20 Å². The van der Waals surface area contributed by atoms with Crippen LogP contribution in [0.3, 0.4) is 0 Å². The van der Waals surface area contributed by atoms with Gasteiger partial charge >= 0.3 is 5.97 Å². The lowest BCUT2D eigenvalue weighted by atomic mass is 10.0. The van der Waals surface area contributed by atoms with E-state index < -0.39 is 12.0 Å². The van der Waals surface area contributed by atoms with Gasteiger partial charge < -0.3 is 15.0 Å². The van der Waals surface area contributed by atoms with Gasteiger partial charge in [0.25, 0.3) is 0 Å². The van der Waals surface area contributed by atoms with E-state index in [0.717, 1.165) is 11.1 Å². The van der Waals surface area contributed by atoms with Crippen molar-refractivity contribution in [2.45, 2.75) is 39.4 Å². The SMILES string of the molecule is COC(=O)/C=C/N(Cc1ccccc1)[C@@H](CC(C)C)C(=O)NCc1ccccc1. The first-order valence-corrected chi connectivity index (χ1v) is 9.87. The average molecular weight is 395 g/mol. The van der Waals surface area contributed by atoms with Gasteiger partial charge in [0.1, 0.15) is 6.04 Å². The topological polar surface area (TPSA) is 58.6 Å². The highest BCUT2D eigenvalue weighted by molar-refractivity contribution is 5.83. The van der Waals surface area contributed by atoms with Crippen molar-refractivity contribution in [2.24, 2.45) is 5.92 Å². The number of hydrogen-bond acceptors (Lipinski definition) is 4. The third-order valence-corrected chi connectivity index (χ3v) is 4.52. The van der Waals surface area contributed by atoms with Crippen molar-refractivity contribution in [1.29, 1.82) is 0 Å². The van der Waals surface area contributed by atoms with Crippen molar-refractivity contribution in [1.82, 2.24) is 10.2 Å². The van der Waals surface area contributed by atoms with Crippen LogP contribution in [0.25, 0.3) is 0 Å². The molecule has 0 spiro atoms. The predicted molar refractivity (Wildman–Crippen MR) is 115 cm³/mol. The first-order valence-electron chi connectivity index (χ1n) is 9.87. The summed E-state index contributed by atoms with van der Waals surface area (Å²) < 4.78 is 4.72. The number of nitrogens with zero attached hydrogens (tertiary/aromatic N) is 1. The zero-order chi connectivity index (χ0) is 21.1. The summed E-state index contributed by atoms with van der Waals surface area (Å²) >= 11 is 0. The van der Waals surface area contributed by atoms with E-state index in [4.69, 9.17) is 4.74 Å². The molecular formula is C24H30N2O3. The van der Waals surface area contributed by atoms with Gasteiger partial charge in [-0.05, 0) is 23.5 Å². The molecule has 2 aromatic rings. The number of amides is 1. The normalized spacial score (nSPS) is 12.0. The second-order valence-electron chi connectivity index (χ2n) is 7.35. The molecule has 0 bridgehead atoms. The molecule has 0 unspecified atom stereocenters. The standard InChI is InChI=1S/C24H30N2O3/c1-19(2)16-22(24(28)25-17-20-10-6-4-7-11-20)26(15-14-23(27)29-3)18-21-12-8-5-9-13-21/h4-15,19,22H,16-18H2,1-3H3,(H,25,28)/b15-14+/t22-/m0/s1. The number of nitrogens with one attached hydrogen (secondary N) is 1. The summed E-state index contributed by atoms with van der Waals surface area (Å²) in [5.41, 5.74) is 2.11. The van der Waals surface area contributed by atoms with Gasteiger partial charge in [-0.15, -0.1) is 0 Å². The van der Waals surface area contributed by atoms with Crippen molar-refractivity contribution in [2.75, 3.05) is 7.11 Å². The fourth-order valence-electron chi connectivity index (χ4n) is 3.03. The highest BCUT2D eigenvalue weighted by Crippen LogP contribution is 2.17. The molecule has 0 fully saturated rings. The second kappa shape index (κ2) is 11.7. The van der Waals surface area contributed by atoms with E-state index in [1.165, 1.54) is 13.2 Å². The van der Waals surface area contributed by atoms with Gasteiger partial charge in [-0.1, -0.05) is 74.5 Å². The predicted octanol–water partition coefficient (Wildman–Crippen LogP) is 3.91. The van der Waals surface area contributed by atoms with E-state index in [9.17, 15) is 9.59 Å². The number of methoxy groups -OCH3 is 1. The summed E-state index contributed by atoms with van der Waals surface area (Å²) in [5, 5.41) is 3.04. The minimum Gasteiger partial charge on any atom is -0.466 e. The Hall–Kier alpha value is -3.08. The van der Waals surface area contributed by atoms with Crippen LogP contribution >= 0.6 is 0 Å². The monoisotopic (exact) mass is 394 g/mol. The van der Waals surface area contributed by atoms with Gasteiger partial charge in [0, 0.05) is 25.4 Å². The van der Waals surface area contributed by atoms with Gasteiger partial charge in [-0.2, -0.15) is 0 Å². The Kier molecular flexibility index (Phi) is 8.96. The number of hydrogen-bond donors (Lipinski definition) is 1. The number of rotatable bonds is 10. The van der Waals surface area contributed by atoms with Crippen LogP contribution in [0.2, 0.25) is 0 Å². The lowest BCUT2D eigenvalue weighted by Gasteiger charge is -2.31. The maximum absolute atomic E-state index is 13.1. The first kappa shape index (κ1) is 22.2. The fraction of sp³-hybridized carbons (Fsp3) is 0.333. The maximum atomic E-state index is 13.1. The highest BCUT2D eigenvalue weighted by atomic mass is 16.5. The zero-order valence-electron chi connectivity index (χ0n) is 17.4. The average Bonchev–Trinajstić information content (AvgIpc) is 2.74. The van der Waals surface area contributed by atoms with Gasteiger partial charge in [0.15, 0.2) is 0 Å². The van der Waals surface area contributed by atoms with Gasteiger partial charge in [-0.25, -0.2) is 4.79 Å². The van der Waals surface area contributed by atoms with E-state index in [0.29, 0.717) is 25.4 Å². The molecule has 154 valence electrons. The van der Waals surface area contributed by atoms with Gasteiger partial charge in [-0.3, -0.25) is 4.79 Å². The smallest absolute Gasteiger partial charge is 0.331 e. The molecule has 0 aliphatic rings. The minimum atomic E-state index is -0.448. The maximum Gasteiger partial charge on any atom is 0.331 e. The van der Waals surface area contributed by atoms with Crippen LogP contribution in [0.5, 0.6) is 0 Å². The number of carbonyl (C=O) groups is 2. The molecular weight excluding hydrogens is 364 g/mol. The zero-order valence-corrected chi connectivity index (χ0v) is 17.4. The van der Waals surface area contributed by atoms with Crippen LogP contribution < -0.4 is 5.32 Å². The van der Waals surface area contributed by atoms with Crippen molar-refractivity contribution >= 4 is 11.9 Å². The summed E-state index contributed by atoms with van der Waals surface area (Å²) in [4.78, 5) is 26.7. The number of ether oxygens (including phenoxy) is 1. The molecule has 0 saturated heterocycles. The van der Waals surface area contributed by atoms with Crippen molar-refractivity contribution < 1.29 is 14.3 Å². The third-order valence-electron chi connectivity index (χ3n) is 4.52. The molecule has 0 radical (unpaired) electrons. The third kappa shape index (κ3) is 7.82. The van der Waals surface area contributed by atoms with E-state index in [-0.39, 0.29) is 5.91 Å². The minimum absolute atomic E-state index is 0.0620. The number of carbonyl (C=O) groups excluding carboxylic acids is 2. The van der Waals surface area contributed by atoms with Crippen LogP contribution in [-0.4, -0.2) is 29.9 Å². The largest absolute Gasteiger partial charge is 0.466 e. The molecule has 29 heavy (non-hydrogen) atoms. The summed E-state index contributed by atoms with van der Waals surface area (Å²) in [7, 11) is 1.34. The molecule has 2 rings (SSSR count).